The van der Waals surface area contributed by atoms with Gasteiger partial charge in [0.05, 0.1) is 18.8 Å². The molecule has 0 spiro atoms. The van der Waals surface area contributed by atoms with Crippen LogP contribution in [0.2, 0.25) is 0 Å². The van der Waals surface area contributed by atoms with Crippen LogP contribution in [0.25, 0.3) is 11.0 Å². The molecule has 2 aromatic rings. The molecule has 1 saturated heterocycles. The number of pyridine rings is 1. The van der Waals surface area contributed by atoms with Crippen LogP contribution in [0, 0.1) is 0 Å². The van der Waals surface area contributed by atoms with Crippen LogP contribution >= 0.6 is 0 Å². The van der Waals surface area contributed by atoms with Crippen LogP contribution in [0.1, 0.15) is 43.1 Å². The Balaban J connectivity index is 2.02. The van der Waals surface area contributed by atoms with E-state index in [2.05, 4.69) is 9.97 Å². The first-order chi connectivity index (χ1) is 11.7. The normalized spacial score (nSPS) is 18.0. The summed E-state index contributed by atoms with van der Waals surface area (Å²) in [6.45, 7) is 6.69. The summed E-state index contributed by atoms with van der Waals surface area (Å²) in [4.78, 5) is 33.9. The van der Waals surface area contributed by atoms with Gasteiger partial charge >= 0.3 is 0 Å². The Morgan fingerprint density at radius 2 is 2.12 bits per heavy atom. The van der Waals surface area contributed by atoms with Crippen LogP contribution in [0.4, 0.5) is 0 Å². The molecule has 3 rings (SSSR count). The highest BCUT2D eigenvalue weighted by atomic mass is 16.5. The quantitative estimate of drug-likeness (QED) is 0.651. The summed E-state index contributed by atoms with van der Waals surface area (Å²) >= 11 is 0. The number of H-pyrrole nitrogens is 1. The smallest absolute Gasteiger partial charge is 0.295 e. The molecule has 0 radical (unpaired) electrons. The number of amides is 1. The Bertz CT molecular complexity index is 835. The van der Waals surface area contributed by atoms with Crippen LogP contribution in [0.15, 0.2) is 12.3 Å². The first-order valence-electron chi connectivity index (χ1n) is 8.30. The summed E-state index contributed by atoms with van der Waals surface area (Å²) in [5, 5.41) is 10.2. The second kappa shape index (κ2) is 6.15. The number of carbonyl (C=O) groups is 2. The summed E-state index contributed by atoms with van der Waals surface area (Å²) in [7, 11) is 1.56. The van der Waals surface area contributed by atoms with Gasteiger partial charge in [0, 0.05) is 30.2 Å². The SMILES string of the molecule is COc1nc2[nH]cc(C(=O)C(=O)N3CCC(O)C3)c2cc1C(C)(C)C. The van der Waals surface area contributed by atoms with Crippen LogP contribution in [0.5, 0.6) is 5.88 Å². The molecule has 7 heteroatoms. The number of ether oxygens (including phenoxy) is 1. The zero-order chi connectivity index (χ0) is 18.4. The Morgan fingerprint density at radius 1 is 1.40 bits per heavy atom. The number of aliphatic hydroxyl groups excluding tert-OH is 1. The van der Waals surface area contributed by atoms with Crippen LogP contribution in [0.3, 0.4) is 0 Å². The number of carbonyl (C=O) groups excluding carboxylic acids is 2. The first-order valence-corrected chi connectivity index (χ1v) is 8.30. The zero-order valence-corrected chi connectivity index (χ0v) is 14.9. The van der Waals surface area contributed by atoms with Gasteiger partial charge in [0.15, 0.2) is 0 Å². The van der Waals surface area contributed by atoms with E-state index >= 15 is 0 Å². The Labute approximate surface area is 146 Å². The molecule has 3 heterocycles. The summed E-state index contributed by atoms with van der Waals surface area (Å²) in [6, 6.07) is 1.86. The molecule has 1 atom stereocenters. The third-order valence-electron chi connectivity index (χ3n) is 4.52. The molecule has 1 fully saturated rings. The predicted molar refractivity (Wildman–Crippen MR) is 92.9 cm³/mol. The number of hydrogen-bond donors (Lipinski definition) is 2. The number of aromatic amines is 1. The third-order valence-corrected chi connectivity index (χ3v) is 4.52. The van der Waals surface area contributed by atoms with Gasteiger partial charge in [0.2, 0.25) is 5.88 Å². The van der Waals surface area contributed by atoms with Crippen molar-refractivity contribution in [3.63, 3.8) is 0 Å². The van der Waals surface area contributed by atoms with Gasteiger partial charge in [-0.1, -0.05) is 20.8 Å². The molecule has 2 N–H and O–H groups in total. The Hall–Kier alpha value is -2.41. The maximum atomic E-state index is 12.7. The van der Waals surface area contributed by atoms with E-state index in [4.69, 9.17) is 4.74 Å². The van der Waals surface area contributed by atoms with E-state index < -0.39 is 17.8 Å². The van der Waals surface area contributed by atoms with Gasteiger partial charge in [-0.05, 0) is 17.9 Å². The van der Waals surface area contributed by atoms with Crippen molar-refractivity contribution in [3.05, 3.63) is 23.4 Å². The van der Waals surface area contributed by atoms with Gasteiger partial charge in [-0.3, -0.25) is 9.59 Å². The number of likely N-dealkylation sites (tertiary alicyclic amines) is 1. The van der Waals surface area contributed by atoms with E-state index in [1.165, 1.54) is 11.1 Å². The molecule has 0 aromatic carbocycles. The average Bonchev–Trinajstić information content (AvgIpc) is 3.17. The van der Waals surface area contributed by atoms with Crippen molar-refractivity contribution < 1.29 is 19.4 Å². The van der Waals surface area contributed by atoms with E-state index in [0.29, 0.717) is 35.4 Å². The molecule has 1 aliphatic heterocycles. The summed E-state index contributed by atoms with van der Waals surface area (Å²) in [6.07, 6.45) is 1.45. The predicted octanol–water partition coefficient (Wildman–Crippen LogP) is 1.64. The number of nitrogens with zero attached hydrogens (tertiary/aromatic N) is 2. The molecular formula is C18H23N3O4. The molecule has 2 aromatic heterocycles. The molecular weight excluding hydrogens is 322 g/mol. The molecule has 1 unspecified atom stereocenters. The molecule has 25 heavy (non-hydrogen) atoms. The average molecular weight is 345 g/mol. The second-order valence-electron chi connectivity index (χ2n) is 7.42. The Kier molecular flexibility index (Phi) is 4.28. The minimum atomic E-state index is -0.592. The molecule has 7 nitrogen and oxygen atoms in total. The number of aliphatic hydroxyl groups is 1. The summed E-state index contributed by atoms with van der Waals surface area (Å²) in [5.41, 5.74) is 1.43. The highest BCUT2D eigenvalue weighted by molar-refractivity contribution is 6.44. The number of β-amino-alcohol motifs (C(OH)–C–C–N with tert-alkyl or cyclic N) is 1. The number of hydrogen-bond acceptors (Lipinski definition) is 5. The first kappa shape index (κ1) is 17.4. The van der Waals surface area contributed by atoms with Crippen molar-refractivity contribution in [1.29, 1.82) is 0 Å². The lowest BCUT2D eigenvalue weighted by Crippen LogP contribution is -2.35. The number of aromatic nitrogens is 2. The van der Waals surface area contributed by atoms with Crippen LogP contribution < -0.4 is 4.74 Å². The van der Waals surface area contributed by atoms with E-state index in [1.54, 1.807) is 7.11 Å². The lowest BCUT2D eigenvalue weighted by Gasteiger charge is -2.21. The highest BCUT2D eigenvalue weighted by Crippen LogP contribution is 2.33. The lowest BCUT2D eigenvalue weighted by atomic mass is 9.87. The number of ketones is 1. The fraction of sp³-hybridized carbons (Fsp3) is 0.500. The van der Waals surface area contributed by atoms with Gasteiger partial charge in [-0.25, -0.2) is 0 Å². The van der Waals surface area contributed by atoms with Crippen LogP contribution in [-0.2, 0) is 10.2 Å². The lowest BCUT2D eigenvalue weighted by molar-refractivity contribution is -0.125. The maximum Gasteiger partial charge on any atom is 0.295 e. The van der Waals surface area contributed by atoms with Crippen molar-refractivity contribution in [1.82, 2.24) is 14.9 Å². The third kappa shape index (κ3) is 3.11. The largest absolute Gasteiger partial charge is 0.481 e. The van der Waals surface area contributed by atoms with Crippen molar-refractivity contribution in [2.75, 3.05) is 20.2 Å². The van der Waals surface area contributed by atoms with Gasteiger partial charge in [0.1, 0.15) is 5.65 Å². The van der Waals surface area contributed by atoms with E-state index in [-0.39, 0.29) is 12.0 Å². The van der Waals surface area contributed by atoms with Crippen LogP contribution in [-0.4, -0.2) is 58.0 Å². The molecule has 0 bridgehead atoms. The molecule has 1 aliphatic rings. The standard InChI is InChI=1S/C18H23N3O4/c1-18(2,3)13-7-11-12(8-19-15(11)20-16(13)25-4)14(23)17(24)21-6-5-10(22)9-21/h7-8,10,22H,5-6,9H2,1-4H3,(H,19,20). The maximum absolute atomic E-state index is 12.7. The van der Waals surface area contributed by atoms with Gasteiger partial charge in [-0.2, -0.15) is 4.98 Å². The van der Waals surface area contributed by atoms with E-state index in [0.717, 1.165) is 5.56 Å². The second-order valence-corrected chi connectivity index (χ2v) is 7.42. The topological polar surface area (TPSA) is 95.5 Å². The zero-order valence-electron chi connectivity index (χ0n) is 14.9. The molecule has 0 aliphatic carbocycles. The van der Waals surface area contributed by atoms with Crippen molar-refractivity contribution in [2.24, 2.45) is 0 Å². The fourth-order valence-electron chi connectivity index (χ4n) is 3.10. The van der Waals surface area contributed by atoms with Gasteiger partial charge < -0.3 is 19.7 Å². The minimum Gasteiger partial charge on any atom is -0.481 e. The van der Waals surface area contributed by atoms with Crippen molar-refractivity contribution in [2.45, 2.75) is 38.7 Å². The fourth-order valence-corrected chi connectivity index (χ4v) is 3.10. The molecule has 134 valence electrons. The van der Waals surface area contributed by atoms with Gasteiger partial charge in [-0.15, -0.1) is 0 Å². The number of nitrogens with one attached hydrogen (secondary N) is 1. The number of fused-ring (bicyclic) bond motifs is 1. The summed E-state index contributed by atoms with van der Waals surface area (Å²) < 4.78 is 5.37. The Morgan fingerprint density at radius 3 is 2.68 bits per heavy atom. The number of rotatable bonds is 3. The van der Waals surface area contributed by atoms with Crippen molar-refractivity contribution in [3.8, 4) is 5.88 Å². The van der Waals surface area contributed by atoms with Gasteiger partial charge in [0.25, 0.3) is 11.7 Å². The minimum absolute atomic E-state index is 0.201. The van der Waals surface area contributed by atoms with E-state index in [1.807, 2.05) is 26.8 Å². The number of Topliss-reactive ketones (excluding diaryl/α,β-unsaturated/α-hetero) is 1. The highest BCUT2D eigenvalue weighted by Gasteiger charge is 2.31. The molecule has 0 saturated carbocycles. The van der Waals surface area contributed by atoms with E-state index in [9.17, 15) is 14.7 Å². The number of methoxy groups -OCH3 is 1. The van der Waals surface area contributed by atoms with Crippen molar-refractivity contribution >= 4 is 22.7 Å². The molecule has 1 amide bonds. The monoisotopic (exact) mass is 345 g/mol. The summed E-state index contributed by atoms with van der Waals surface area (Å²) in [5.74, 6) is -0.687.